The van der Waals surface area contributed by atoms with Crippen LogP contribution in [0.15, 0.2) is 36.5 Å². The van der Waals surface area contributed by atoms with Gasteiger partial charge in [-0.15, -0.1) is 0 Å². The molecular weight excluding hydrogens is 246 g/mol. The summed E-state index contributed by atoms with van der Waals surface area (Å²) in [6.07, 6.45) is 4.44. The van der Waals surface area contributed by atoms with Gasteiger partial charge in [0.2, 0.25) is 0 Å². The van der Waals surface area contributed by atoms with E-state index in [2.05, 4.69) is 41.1 Å². The highest BCUT2D eigenvalue weighted by Gasteiger charge is 2.27. The molecule has 2 unspecified atom stereocenters. The largest absolute Gasteiger partial charge is 0.329 e. The Kier molecular flexibility index (Phi) is 3.99. The van der Waals surface area contributed by atoms with Gasteiger partial charge < -0.3 is 5.73 Å². The van der Waals surface area contributed by atoms with E-state index in [1.54, 1.807) is 0 Å². The van der Waals surface area contributed by atoms with Crippen molar-refractivity contribution in [2.45, 2.75) is 32.4 Å². The van der Waals surface area contributed by atoms with E-state index in [-0.39, 0.29) is 0 Å². The molecule has 0 bridgehead atoms. The van der Waals surface area contributed by atoms with Crippen LogP contribution in [0.2, 0.25) is 0 Å². The first-order valence-corrected chi connectivity index (χ1v) is 7.55. The lowest BCUT2D eigenvalue weighted by Gasteiger charge is -2.39. The number of fused-ring (bicyclic) bond motifs is 1. The molecule has 20 heavy (non-hydrogen) atoms. The Morgan fingerprint density at radius 3 is 3.10 bits per heavy atom. The van der Waals surface area contributed by atoms with E-state index < -0.39 is 0 Å². The van der Waals surface area contributed by atoms with Crippen molar-refractivity contribution in [3.8, 4) is 0 Å². The average molecular weight is 269 g/mol. The zero-order chi connectivity index (χ0) is 13.9. The van der Waals surface area contributed by atoms with Crippen molar-refractivity contribution in [3.63, 3.8) is 0 Å². The van der Waals surface area contributed by atoms with Crippen molar-refractivity contribution < 1.29 is 0 Å². The lowest BCUT2D eigenvalue weighted by atomic mass is 9.90. The van der Waals surface area contributed by atoms with Crippen LogP contribution < -0.4 is 5.73 Å². The molecule has 1 aromatic carbocycles. The molecule has 0 aliphatic carbocycles. The number of benzene rings is 1. The molecule has 106 valence electrons. The summed E-state index contributed by atoms with van der Waals surface area (Å²) in [6.45, 7) is 5.25. The van der Waals surface area contributed by atoms with Crippen LogP contribution in [0.3, 0.4) is 0 Å². The normalized spacial score (nSPS) is 24.1. The predicted molar refractivity (Wildman–Crippen MR) is 83.4 cm³/mol. The number of nitrogens with two attached hydrogens (primary N) is 1. The maximum atomic E-state index is 5.98. The van der Waals surface area contributed by atoms with Gasteiger partial charge in [0.05, 0.1) is 5.52 Å². The molecule has 2 heterocycles. The van der Waals surface area contributed by atoms with E-state index in [1.807, 2.05) is 12.3 Å². The lowest BCUT2D eigenvalue weighted by molar-refractivity contribution is 0.0991. The molecule has 3 nitrogen and oxygen atoms in total. The standard InChI is InChI=1S/C17H23N3/c1-13-4-3-9-20(17(13)11-18)12-14-6-7-16-15(10-14)5-2-8-19-16/h2,5-8,10,13,17H,3-4,9,11-12,18H2,1H3. The van der Waals surface area contributed by atoms with Gasteiger partial charge in [-0.3, -0.25) is 9.88 Å². The van der Waals surface area contributed by atoms with Gasteiger partial charge in [-0.2, -0.15) is 0 Å². The highest BCUT2D eigenvalue weighted by molar-refractivity contribution is 5.78. The summed E-state index contributed by atoms with van der Waals surface area (Å²) in [4.78, 5) is 6.93. The predicted octanol–water partition coefficient (Wildman–Crippen LogP) is 2.79. The summed E-state index contributed by atoms with van der Waals surface area (Å²) in [5, 5.41) is 1.22. The van der Waals surface area contributed by atoms with Crippen LogP contribution in [0.1, 0.15) is 25.3 Å². The van der Waals surface area contributed by atoms with Crippen molar-refractivity contribution in [1.29, 1.82) is 0 Å². The first-order valence-electron chi connectivity index (χ1n) is 7.55. The van der Waals surface area contributed by atoms with Gasteiger partial charge >= 0.3 is 0 Å². The molecule has 1 saturated heterocycles. The Morgan fingerprint density at radius 1 is 1.35 bits per heavy atom. The summed E-state index contributed by atoms with van der Waals surface area (Å²) in [5.74, 6) is 0.705. The number of hydrogen-bond acceptors (Lipinski definition) is 3. The molecule has 2 N–H and O–H groups in total. The fourth-order valence-electron chi connectivity index (χ4n) is 3.37. The van der Waals surface area contributed by atoms with E-state index >= 15 is 0 Å². The first kappa shape index (κ1) is 13.5. The molecule has 2 atom stereocenters. The fourth-order valence-corrected chi connectivity index (χ4v) is 3.37. The molecule has 3 rings (SSSR count). The Hall–Kier alpha value is -1.45. The quantitative estimate of drug-likeness (QED) is 0.931. The minimum absolute atomic E-state index is 0.522. The second-order valence-corrected chi connectivity index (χ2v) is 5.92. The summed E-state index contributed by atoms with van der Waals surface area (Å²) in [6, 6.07) is 11.2. The van der Waals surface area contributed by atoms with Crippen LogP contribution in [0, 0.1) is 5.92 Å². The number of piperidine rings is 1. The second kappa shape index (κ2) is 5.90. The summed E-state index contributed by atoms with van der Waals surface area (Å²) >= 11 is 0. The number of rotatable bonds is 3. The highest BCUT2D eigenvalue weighted by Crippen LogP contribution is 2.25. The van der Waals surface area contributed by atoms with Crippen molar-refractivity contribution in [2.24, 2.45) is 11.7 Å². The molecule has 1 fully saturated rings. The molecule has 0 radical (unpaired) electrons. The number of likely N-dealkylation sites (tertiary alicyclic amines) is 1. The van der Waals surface area contributed by atoms with Gasteiger partial charge in [-0.25, -0.2) is 0 Å². The molecule has 3 heteroatoms. The van der Waals surface area contributed by atoms with Crippen LogP contribution in [-0.2, 0) is 6.54 Å². The van der Waals surface area contributed by atoms with E-state index in [0.29, 0.717) is 12.0 Å². The summed E-state index contributed by atoms with van der Waals surface area (Å²) < 4.78 is 0. The maximum Gasteiger partial charge on any atom is 0.0702 e. The molecule has 0 saturated carbocycles. The number of hydrogen-bond donors (Lipinski definition) is 1. The molecular formula is C17H23N3. The first-order chi connectivity index (χ1) is 9.78. The van der Waals surface area contributed by atoms with Crippen LogP contribution in [0.25, 0.3) is 10.9 Å². The van der Waals surface area contributed by atoms with Crippen LogP contribution >= 0.6 is 0 Å². The van der Waals surface area contributed by atoms with Gasteiger partial charge in [0, 0.05) is 30.7 Å². The van der Waals surface area contributed by atoms with Gasteiger partial charge in [-0.1, -0.05) is 19.1 Å². The lowest BCUT2D eigenvalue weighted by Crippen LogP contribution is -2.47. The summed E-state index contributed by atoms with van der Waals surface area (Å²) in [7, 11) is 0. The molecule has 1 aromatic heterocycles. The molecule has 2 aromatic rings. The monoisotopic (exact) mass is 269 g/mol. The van der Waals surface area contributed by atoms with E-state index in [0.717, 1.165) is 25.2 Å². The number of aromatic nitrogens is 1. The Bertz CT molecular complexity index is 581. The maximum absolute atomic E-state index is 5.98. The third kappa shape index (κ3) is 2.69. The topological polar surface area (TPSA) is 42.2 Å². The SMILES string of the molecule is CC1CCCN(Cc2ccc3ncccc3c2)C1CN. The van der Waals surface area contributed by atoms with Gasteiger partial charge in [0.25, 0.3) is 0 Å². The van der Waals surface area contributed by atoms with E-state index in [9.17, 15) is 0 Å². The smallest absolute Gasteiger partial charge is 0.0702 e. The van der Waals surface area contributed by atoms with Crippen molar-refractivity contribution in [2.75, 3.05) is 13.1 Å². The number of pyridine rings is 1. The Morgan fingerprint density at radius 2 is 2.25 bits per heavy atom. The molecule has 1 aliphatic heterocycles. The number of nitrogens with zero attached hydrogens (tertiary/aromatic N) is 2. The third-order valence-corrected chi connectivity index (χ3v) is 4.53. The van der Waals surface area contributed by atoms with Crippen molar-refractivity contribution in [3.05, 3.63) is 42.1 Å². The van der Waals surface area contributed by atoms with Crippen LogP contribution in [0.4, 0.5) is 0 Å². The third-order valence-electron chi connectivity index (χ3n) is 4.53. The average Bonchev–Trinajstić information content (AvgIpc) is 2.47. The molecule has 0 amide bonds. The second-order valence-electron chi connectivity index (χ2n) is 5.92. The van der Waals surface area contributed by atoms with E-state index in [4.69, 9.17) is 5.73 Å². The Labute approximate surface area is 120 Å². The van der Waals surface area contributed by atoms with Gasteiger partial charge in [0.15, 0.2) is 0 Å². The van der Waals surface area contributed by atoms with Gasteiger partial charge in [-0.05, 0) is 49.1 Å². The van der Waals surface area contributed by atoms with Crippen molar-refractivity contribution >= 4 is 10.9 Å². The van der Waals surface area contributed by atoms with Crippen LogP contribution in [-0.4, -0.2) is 29.0 Å². The highest BCUT2D eigenvalue weighted by atomic mass is 15.2. The molecule has 1 aliphatic rings. The van der Waals surface area contributed by atoms with Crippen LogP contribution in [0.5, 0.6) is 0 Å². The zero-order valence-electron chi connectivity index (χ0n) is 12.1. The van der Waals surface area contributed by atoms with E-state index in [1.165, 1.54) is 23.8 Å². The van der Waals surface area contributed by atoms with Gasteiger partial charge in [0.1, 0.15) is 0 Å². The fraction of sp³-hybridized carbons (Fsp3) is 0.471. The molecule has 0 spiro atoms. The van der Waals surface area contributed by atoms with Crippen molar-refractivity contribution in [1.82, 2.24) is 9.88 Å². The zero-order valence-corrected chi connectivity index (χ0v) is 12.1. The minimum atomic E-state index is 0.522. The Balaban J connectivity index is 1.81. The minimum Gasteiger partial charge on any atom is -0.329 e. The summed E-state index contributed by atoms with van der Waals surface area (Å²) in [5.41, 5.74) is 8.40.